The molecule has 1 aliphatic rings. The van der Waals surface area contributed by atoms with Crippen LogP contribution in [0.1, 0.15) is 28.3 Å². The molecule has 1 unspecified atom stereocenters. The van der Waals surface area contributed by atoms with E-state index in [4.69, 9.17) is 0 Å². The number of hydrogen-bond acceptors (Lipinski definition) is 2. The molecule has 1 aliphatic carbocycles. The first-order valence-corrected chi connectivity index (χ1v) is 6.47. The van der Waals surface area contributed by atoms with E-state index in [1.165, 1.54) is 5.56 Å². The maximum atomic E-state index is 12.2. The maximum Gasteiger partial charge on any atom is 0.232 e. The van der Waals surface area contributed by atoms with Gasteiger partial charge in [-0.3, -0.25) is 9.78 Å². The number of fused-ring (bicyclic) bond motifs is 1. The molecule has 3 heteroatoms. The molecule has 1 N–H and O–H groups in total. The molecule has 1 amide bonds. The van der Waals surface area contributed by atoms with Gasteiger partial charge in [0.25, 0.3) is 0 Å². The Hall–Kier alpha value is -2.16. The second kappa shape index (κ2) is 4.50. The summed E-state index contributed by atoms with van der Waals surface area (Å²) in [5.41, 5.74) is 5.29. The molecule has 2 aromatic rings. The molecule has 0 saturated heterocycles. The van der Waals surface area contributed by atoms with E-state index >= 15 is 0 Å². The van der Waals surface area contributed by atoms with Crippen LogP contribution >= 0.6 is 0 Å². The van der Waals surface area contributed by atoms with E-state index in [0.717, 1.165) is 28.9 Å². The molecule has 96 valence electrons. The number of aryl methyl sites for hydroxylation is 2. The smallest absolute Gasteiger partial charge is 0.232 e. The van der Waals surface area contributed by atoms with Crippen LogP contribution in [-0.2, 0) is 11.2 Å². The third kappa shape index (κ3) is 2.12. The molecule has 0 aliphatic heterocycles. The van der Waals surface area contributed by atoms with E-state index in [-0.39, 0.29) is 11.8 Å². The zero-order valence-corrected chi connectivity index (χ0v) is 11.1. The van der Waals surface area contributed by atoms with E-state index in [0.29, 0.717) is 0 Å². The monoisotopic (exact) mass is 252 g/mol. The van der Waals surface area contributed by atoms with E-state index in [9.17, 15) is 4.79 Å². The van der Waals surface area contributed by atoms with Crippen molar-refractivity contribution in [2.45, 2.75) is 26.2 Å². The third-order valence-electron chi connectivity index (χ3n) is 3.78. The molecule has 1 aromatic heterocycles. The van der Waals surface area contributed by atoms with Gasteiger partial charge in [-0.15, -0.1) is 0 Å². The van der Waals surface area contributed by atoms with Crippen LogP contribution in [0.4, 0.5) is 5.69 Å². The van der Waals surface area contributed by atoms with Gasteiger partial charge in [-0.2, -0.15) is 0 Å². The molecular weight excluding hydrogens is 236 g/mol. The molecule has 0 bridgehead atoms. The molecule has 1 heterocycles. The summed E-state index contributed by atoms with van der Waals surface area (Å²) in [6.07, 6.45) is 2.55. The molecular formula is C16H16N2O. The van der Waals surface area contributed by atoms with Crippen molar-refractivity contribution in [1.82, 2.24) is 4.98 Å². The molecule has 0 spiro atoms. The first-order chi connectivity index (χ1) is 9.15. The summed E-state index contributed by atoms with van der Waals surface area (Å²) < 4.78 is 0. The average molecular weight is 252 g/mol. The molecule has 1 atom stereocenters. The number of carbonyl (C=O) groups excluding carboxylic acids is 1. The van der Waals surface area contributed by atoms with Crippen molar-refractivity contribution in [3.05, 3.63) is 58.9 Å². The van der Waals surface area contributed by atoms with Gasteiger partial charge in [-0.05, 0) is 43.0 Å². The van der Waals surface area contributed by atoms with Crippen molar-refractivity contribution in [2.75, 3.05) is 5.32 Å². The Morgan fingerprint density at radius 1 is 1.32 bits per heavy atom. The van der Waals surface area contributed by atoms with Crippen LogP contribution < -0.4 is 5.32 Å². The third-order valence-corrected chi connectivity index (χ3v) is 3.78. The summed E-state index contributed by atoms with van der Waals surface area (Å²) in [6.45, 7) is 3.96. The zero-order valence-electron chi connectivity index (χ0n) is 11.1. The lowest BCUT2D eigenvalue weighted by atomic mass is 9.77. The minimum atomic E-state index is -0.0159. The van der Waals surface area contributed by atoms with Gasteiger partial charge in [0.1, 0.15) is 0 Å². The van der Waals surface area contributed by atoms with E-state index < -0.39 is 0 Å². The lowest BCUT2D eigenvalue weighted by Crippen LogP contribution is -2.30. The Labute approximate surface area is 112 Å². The standard InChI is InChI=1S/C16H16N2O/c1-10-7-13(9-17-11(10)2)18-16(19)15-8-12-5-3-4-6-14(12)15/h3-7,9,15H,8H2,1-2H3,(H,18,19). The predicted molar refractivity (Wildman–Crippen MR) is 75.2 cm³/mol. The summed E-state index contributed by atoms with van der Waals surface area (Å²) in [4.78, 5) is 16.5. The van der Waals surface area contributed by atoms with Gasteiger partial charge in [-0.25, -0.2) is 0 Å². The highest BCUT2D eigenvalue weighted by molar-refractivity contribution is 5.97. The molecule has 1 aromatic carbocycles. The van der Waals surface area contributed by atoms with Crippen LogP contribution in [0, 0.1) is 13.8 Å². The number of pyridine rings is 1. The Kier molecular flexibility index (Phi) is 2.82. The minimum Gasteiger partial charge on any atom is -0.324 e. The highest BCUT2D eigenvalue weighted by Crippen LogP contribution is 2.35. The van der Waals surface area contributed by atoms with Gasteiger partial charge in [0.2, 0.25) is 5.91 Å². The van der Waals surface area contributed by atoms with Crippen molar-refractivity contribution >= 4 is 11.6 Å². The quantitative estimate of drug-likeness (QED) is 0.892. The minimum absolute atomic E-state index is 0.0159. The Balaban J connectivity index is 1.75. The largest absolute Gasteiger partial charge is 0.324 e. The van der Waals surface area contributed by atoms with Crippen LogP contribution in [0.5, 0.6) is 0 Å². The Morgan fingerprint density at radius 2 is 2.11 bits per heavy atom. The van der Waals surface area contributed by atoms with Gasteiger partial charge in [0.05, 0.1) is 17.8 Å². The second-order valence-corrected chi connectivity index (χ2v) is 5.07. The van der Waals surface area contributed by atoms with Gasteiger partial charge in [0.15, 0.2) is 0 Å². The van der Waals surface area contributed by atoms with Crippen molar-refractivity contribution in [2.24, 2.45) is 0 Å². The summed E-state index contributed by atoms with van der Waals surface area (Å²) in [5.74, 6) is 0.0431. The number of hydrogen-bond donors (Lipinski definition) is 1. The summed E-state index contributed by atoms with van der Waals surface area (Å²) in [6, 6.07) is 10.1. The zero-order chi connectivity index (χ0) is 13.4. The lowest BCUT2D eigenvalue weighted by molar-refractivity contribution is -0.118. The first-order valence-electron chi connectivity index (χ1n) is 6.47. The molecule has 19 heavy (non-hydrogen) atoms. The van der Waals surface area contributed by atoms with Crippen LogP contribution in [0.2, 0.25) is 0 Å². The fourth-order valence-electron chi connectivity index (χ4n) is 2.43. The van der Waals surface area contributed by atoms with Crippen LogP contribution in [0.25, 0.3) is 0 Å². The number of carbonyl (C=O) groups is 1. The average Bonchev–Trinajstić information content (AvgIpc) is 2.35. The number of nitrogens with one attached hydrogen (secondary N) is 1. The number of aromatic nitrogens is 1. The number of rotatable bonds is 2. The van der Waals surface area contributed by atoms with Crippen molar-refractivity contribution in [3.63, 3.8) is 0 Å². The summed E-state index contributed by atoms with van der Waals surface area (Å²) in [7, 11) is 0. The van der Waals surface area contributed by atoms with Crippen LogP contribution in [0.3, 0.4) is 0 Å². The number of amides is 1. The van der Waals surface area contributed by atoms with Gasteiger partial charge >= 0.3 is 0 Å². The topological polar surface area (TPSA) is 42.0 Å². The fourth-order valence-corrected chi connectivity index (χ4v) is 2.43. The van der Waals surface area contributed by atoms with Crippen LogP contribution in [-0.4, -0.2) is 10.9 Å². The SMILES string of the molecule is Cc1cc(NC(=O)C2Cc3ccccc32)cnc1C. The molecule has 3 nitrogen and oxygen atoms in total. The maximum absolute atomic E-state index is 12.2. The molecule has 3 rings (SSSR count). The number of benzene rings is 1. The van der Waals surface area contributed by atoms with Crippen molar-refractivity contribution in [3.8, 4) is 0 Å². The molecule has 0 radical (unpaired) electrons. The Bertz CT molecular complexity index is 649. The van der Waals surface area contributed by atoms with E-state index in [2.05, 4.69) is 16.4 Å². The van der Waals surface area contributed by atoms with Gasteiger partial charge in [0, 0.05) is 5.69 Å². The second-order valence-electron chi connectivity index (χ2n) is 5.07. The number of anilines is 1. The Morgan fingerprint density at radius 3 is 2.84 bits per heavy atom. The van der Waals surface area contributed by atoms with Crippen LogP contribution in [0.15, 0.2) is 36.5 Å². The molecule has 0 saturated carbocycles. The fraction of sp³-hybridized carbons (Fsp3) is 0.250. The van der Waals surface area contributed by atoms with Gasteiger partial charge < -0.3 is 5.32 Å². The first kappa shape index (κ1) is 11.9. The lowest BCUT2D eigenvalue weighted by Gasteiger charge is -2.28. The summed E-state index contributed by atoms with van der Waals surface area (Å²) in [5, 5.41) is 2.95. The molecule has 0 fully saturated rings. The van der Waals surface area contributed by atoms with Crippen molar-refractivity contribution in [1.29, 1.82) is 0 Å². The number of nitrogens with zero attached hydrogens (tertiary/aromatic N) is 1. The van der Waals surface area contributed by atoms with E-state index in [1.807, 2.05) is 38.1 Å². The highest BCUT2D eigenvalue weighted by atomic mass is 16.1. The van der Waals surface area contributed by atoms with E-state index in [1.54, 1.807) is 6.20 Å². The van der Waals surface area contributed by atoms with Crippen molar-refractivity contribution < 1.29 is 4.79 Å². The highest BCUT2D eigenvalue weighted by Gasteiger charge is 2.31. The predicted octanol–water partition coefficient (Wildman–Crippen LogP) is 2.98. The van der Waals surface area contributed by atoms with Gasteiger partial charge in [-0.1, -0.05) is 24.3 Å². The summed E-state index contributed by atoms with van der Waals surface area (Å²) >= 11 is 0. The normalized spacial score (nSPS) is 16.4.